The van der Waals surface area contributed by atoms with Crippen molar-refractivity contribution < 1.29 is 4.79 Å². The summed E-state index contributed by atoms with van der Waals surface area (Å²) in [5.41, 5.74) is 0. The van der Waals surface area contributed by atoms with Gasteiger partial charge in [-0.25, -0.2) is 5.01 Å². The van der Waals surface area contributed by atoms with E-state index < -0.39 is 0 Å². The third-order valence-electron chi connectivity index (χ3n) is 2.40. The van der Waals surface area contributed by atoms with E-state index in [1.807, 2.05) is 6.21 Å². The number of carbonyl (C=O) groups excluding carboxylic acids is 1. The molecule has 0 aromatic rings. The summed E-state index contributed by atoms with van der Waals surface area (Å²) < 4.78 is 0. The molecular formula is C10H18N2O. The molecule has 3 heteroatoms. The van der Waals surface area contributed by atoms with Crippen molar-refractivity contribution in [2.45, 2.75) is 39.5 Å². The number of carbonyl (C=O) groups is 1. The predicted octanol–water partition coefficient (Wildman–Crippen LogP) is 2.03. The van der Waals surface area contributed by atoms with Gasteiger partial charge in [-0.05, 0) is 25.2 Å². The van der Waals surface area contributed by atoms with Crippen molar-refractivity contribution in [1.82, 2.24) is 5.01 Å². The molecule has 0 aromatic heterocycles. The van der Waals surface area contributed by atoms with E-state index in [1.54, 1.807) is 5.01 Å². The van der Waals surface area contributed by atoms with E-state index in [4.69, 9.17) is 0 Å². The van der Waals surface area contributed by atoms with Gasteiger partial charge in [0.05, 0.1) is 0 Å². The van der Waals surface area contributed by atoms with Crippen molar-refractivity contribution >= 4 is 12.1 Å². The Morgan fingerprint density at radius 3 is 3.00 bits per heavy atom. The Morgan fingerprint density at radius 2 is 2.38 bits per heavy atom. The van der Waals surface area contributed by atoms with Gasteiger partial charge in [-0.2, -0.15) is 5.10 Å². The largest absolute Gasteiger partial charge is 0.273 e. The maximum Gasteiger partial charge on any atom is 0.242 e. The van der Waals surface area contributed by atoms with Crippen LogP contribution in [0.2, 0.25) is 0 Å². The van der Waals surface area contributed by atoms with Gasteiger partial charge in [0.25, 0.3) is 0 Å². The quantitative estimate of drug-likeness (QED) is 0.615. The minimum atomic E-state index is 0.172. The fourth-order valence-corrected chi connectivity index (χ4v) is 1.21. The Hall–Kier alpha value is -0.860. The van der Waals surface area contributed by atoms with Crippen molar-refractivity contribution in [1.29, 1.82) is 0 Å². The highest BCUT2D eigenvalue weighted by molar-refractivity contribution is 5.77. The van der Waals surface area contributed by atoms with Crippen LogP contribution in [0.1, 0.15) is 39.5 Å². The molecule has 1 aliphatic rings. The fraction of sp³-hybridized carbons (Fsp3) is 0.800. The first kappa shape index (κ1) is 10.2. The summed E-state index contributed by atoms with van der Waals surface area (Å²) in [6.07, 6.45) is 5.73. The molecule has 0 saturated carbocycles. The molecule has 13 heavy (non-hydrogen) atoms. The number of hydrazone groups is 1. The van der Waals surface area contributed by atoms with E-state index >= 15 is 0 Å². The number of amides is 1. The Morgan fingerprint density at radius 1 is 1.62 bits per heavy atom. The first-order valence-electron chi connectivity index (χ1n) is 5.08. The SMILES string of the molecule is CCC(C)/C=N/N1CCCCC1=O. The van der Waals surface area contributed by atoms with Crippen molar-refractivity contribution in [2.75, 3.05) is 6.54 Å². The van der Waals surface area contributed by atoms with Gasteiger partial charge in [0.1, 0.15) is 0 Å². The lowest BCUT2D eigenvalue weighted by molar-refractivity contribution is -0.133. The Labute approximate surface area is 79.8 Å². The van der Waals surface area contributed by atoms with E-state index in [2.05, 4.69) is 18.9 Å². The smallest absolute Gasteiger partial charge is 0.242 e. The highest BCUT2D eigenvalue weighted by Crippen LogP contribution is 2.10. The highest BCUT2D eigenvalue weighted by Gasteiger charge is 2.16. The molecule has 1 rings (SSSR count). The normalized spacial score (nSPS) is 21.1. The zero-order valence-electron chi connectivity index (χ0n) is 8.49. The molecule has 1 aliphatic heterocycles. The Balaban J connectivity index is 2.42. The standard InChI is InChI=1S/C10H18N2O/c1-3-9(2)8-11-12-7-5-4-6-10(12)13/h8-9H,3-7H2,1-2H3/b11-8+. The van der Waals surface area contributed by atoms with Crippen LogP contribution < -0.4 is 0 Å². The predicted molar refractivity (Wildman–Crippen MR) is 53.5 cm³/mol. The topological polar surface area (TPSA) is 32.7 Å². The number of piperidine rings is 1. The zero-order chi connectivity index (χ0) is 9.68. The van der Waals surface area contributed by atoms with Crippen molar-refractivity contribution in [3.8, 4) is 0 Å². The molecule has 74 valence electrons. The van der Waals surface area contributed by atoms with Crippen LogP contribution >= 0.6 is 0 Å². The molecule has 1 atom stereocenters. The van der Waals surface area contributed by atoms with Crippen molar-refractivity contribution in [2.24, 2.45) is 11.0 Å². The summed E-state index contributed by atoms with van der Waals surface area (Å²) in [7, 11) is 0. The Kier molecular flexibility index (Phi) is 3.93. The second-order valence-corrected chi connectivity index (χ2v) is 3.62. The van der Waals surface area contributed by atoms with Gasteiger partial charge in [0.15, 0.2) is 0 Å². The first-order valence-corrected chi connectivity index (χ1v) is 5.08. The van der Waals surface area contributed by atoms with Crippen molar-refractivity contribution in [3.63, 3.8) is 0 Å². The van der Waals surface area contributed by atoms with Crippen LogP contribution in [0.15, 0.2) is 5.10 Å². The third kappa shape index (κ3) is 3.17. The molecule has 1 amide bonds. The molecule has 0 bridgehead atoms. The van der Waals surface area contributed by atoms with Gasteiger partial charge in [-0.3, -0.25) is 4.79 Å². The van der Waals surface area contributed by atoms with Crippen molar-refractivity contribution in [3.05, 3.63) is 0 Å². The zero-order valence-corrected chi connectivity index (χ0v) is 8.49. The van der Waals surface area contributed by atoms with Crippen LogP contribution in [-0.4, -0.2) is 23.7 Å². The first-order chi connectivity index (χ1) is 6.24. The molecule has 0 radical (unpaired) electrons. The monoisotopic (exact) mass is 182 g/mol. The van der Waals surface area contributed by atoms with E-state index in [-0.39, 0.29) is 5.91 Å². The van der Waals surface area contributed by atoms with Crippen LogP contribution in [0.3, 0.4) is 0 Å². The molecular weight excluding hydrogens is 164 g/mol. The lowest BCUT2D eigenvalue weighted by Crippen LogP contribution is -2.30. The van der Waals surface area contributed by atoms with Crippen LogP contribution in [0.4, 0.5) is 0 Å². The van der Waals surface area contributed by atoms with Gasteiger partial charge in [0.2, 0.25) is 5.91 Å². The molecule has 1 fully saturated rings. The van der Waals surface area contributed by atoms with Crippen LogP contribution in [-0.2, 0) is 4.79 Å². The minimum absolute atomic E-state index is 0.172. The van der Waals surface area contributed by atoms with Crippen LogP contribution in [0, 0.1) is 5.92 Å². The molecule has 0 aromatic carbocycles. The third-order valence-corrected chi connectivity index (χ3v) is 2.40. The Bertz CT molecular complexity index is 201. The van der Waals surface area contributed by atoms with Crippen LogP contribution in [0.5, 0.6) is 0 Å². The van der Waals surface area contributed by atoms with E-state index in [0.717, 1.165) is 25.8 Å². The summed E-state index contributed by atoms with van der Waals surface area (Å²) in [6, 6.07) is 0. The molecule has 1 unspecified atom stereocenters. The number of rotatable bonds is 3. The van der Waals surface area contributed by atoms with Gasteiger partial charge in [-0.1, -0.05) is 13.8 Å². The van der Waals surface area contributed by atoms with E-state index in [0.29, 0.717) is 12.3 Å². The average molecular weight is 182 g/mol. The number of hydrogen-bond donors (Lipinski definition) is 0. The summed E-state index contributed by atoms with van der Waals surface area (Å²) in [5.74, 6) is 0.639. The summed E-state index contributed by atoms with van der Waals surface area (Å²) >= 11 is 0. The van der Waals surface area contributed by atoms with Gasteiger partial charge in [-0.15, -0.1) is 0 Å². The fourth-order valence-electron chi connectivity index (χ4n) is 1.21. The number of hydrogen-bond acceptors (Lipinski definition) is 2. The molecule has 1 heterocycles. The molecule has 0 spiro atoms. The lowest BCUT2D eigenvalue weighted by atomic mass is 10.1. The average Bonchev–Trinajstić information content (AvgIpc) is 2.16. The summed E-state index contributed by atoms with van der Waals surface area (Å²) in [5, 5.41) is 5.80. The minimum Gasteiger partial charge on any atom is -0.273 e. The number of nitrogens with zero attached hydrogens (tertiary/aromatic N) is 2. The molecule has 3 nitrogen and oxygen atoms in total. The van der Waals surface area contributed by atoms with Crippen LogP contribution in [0.25, 0.3) is 0 Å². The van der Waals surface area contributed by atoms with E-state index in [1.165, 1.54) is 0 Å². The lowest BCUT2D eigenvalue weighted by Gasteiger charge is -2.21. The maximum atomic E-state index is 11.3. The highest BCUT2D eigenvalue weighted by atomic mass is 16.2. The second-order valence-electron chi connectivity index (χ2n) is 3.62. The van der Waals surface area contributed by atoms with Gasteiger partial charge in [0, 0.05) is 19.2 Å². The van der Waals surface area contributed by atoms with Gasteiger partial charge >= 0.3 is 0 Å². The summed E-state index contributed by atoms with van der Waals surface area (Å²) in [6.45, 7) is 5.03. The molecule has 1 saturated heterocycles. The summed E-state index contributed by atoms with van der Waals surface area (Å²) in [4.78, 5) is 11.3. The maximum absolute atomic E-state index is 11.3. The van der Waals surface area contributed by atoms with E-state index in [9.17, 15) is 4.79 Å². The molecule has 0 aliphatic carbocycles. The second kappa shape index (κ2) is 5.00. The molecule has 0 N–H and O–H groups in total. The van der Waals surface area contributed by atoms with Gasteiger partial charge < -0.3 is 0 Å².